The van der Waals surface area contributed by atoms with Crippen molar-refractivity contribution in [3.05, 3.63) is 84.2 Å². The van der Waals surface area contributed by atoms with Gasteiger partial charge in [0.1, 0.15) is 19.2 Å². The van der Waals surface area contributed by atoms with Crippen LogP contribution in [0.4, 0.5) is 4.79 Å². The second kappa shape index (κ2) is 12.5. The van der Waals surface area contributed by atoms with Gasteiger partial charge in [-0.1, -0.05) is 48.5 Å². The zero-order chi connectivity index (χ0) is 23.9. The number of hydrogen-bond acceptors (Lipinski definition) is 5. The lowest BCUT2D eigenvalue weighted by atomic mass is 9.98. The predicted molar refractivity (Wildman–Crippen MR) is 126 cm³/mol. The minimum absolute atomic E-state index is 0. The summed E-state index contributed by atoms with van der Waals surface area (Å²) in [5.41, 5.74) is 4.57. The summed E-state index contributed by atoms with van der Waals surface area (Å²) in [6.07, 6.45) is 4.76. The molecule has 0 unspecified atom stereocenters. The normalized spacial score (nSPS) is 12.6. The van der Waals surface area contributed by atoms with Crippen molar-refractivity contribution in [3.63, 3.8) is 0 Å². The van der Waals surface area contributed by atoms with Crippen LogP contribution in [0.25, 0.3) is 11.1 Å². The average molecular weight is 588 g/mol. The van der Waals surface area contributed by atoms with Crippen LogP contribution in [-0.4, -0.2) is 36.9 Å². The molecule has 1 heterocycles. The molecule has 4 rings (SSSR count). The lowest BCUT2D eigenvalue weighted by molar-refractivity contribution is -0.697. The summed E-state index contributed by atoms with van der Waals surface area (Å²) in [4.78, 5) is 24.8. The molecule has 0 bridgehead atoms. The molecule has 1 aromatic heterocycles. The molecule has 2 N–H and O–H groups in total. The number of benzene rings is 2. The highest BCUT2D eigenvalue weighted by Crippen LogP contribution is 2.44. The second-order valence-electron chi connectivity index (χ2n) is 8.34. The molecule has 1 atom stereocenters. The third kappa shape index (κ3) is 6.50. The summed E-state index contributed by atoms with van der Waals surface area (Å²) in [7, 11) is 1.30. The van der Waals surface area contributed by atoms with Crippen molar-refractivity contribution in [3.8, 4) is 16.9 Å². The summed E-state index contributed by atoms with van der Waals surface area (Å²) in [6.45, 7) is 0.870. The number of aromatic nitrogens is 1. The molecule has 35 heavy (non-hydrogen) atoms. The van der Waals surface area contributed by atoms with Gasteiger partial charge < -0.3 is 43.9 Å². The van der Waals surface area contributed by atoms with Crippen molar-refractivity contribution >= 4 is 12.1 Å². The molecule has 0 aliphatic heterocycles. The molecular weight excluding hydrogens is 559 g/mol. The van der Waals surface area contributed by atoms with E-state index in [0.717, 1.165) is 28.7 Å². The van der Waals surface area contributed by atoms with Gasteiger partial charge in [-0.3, -0.25) is 0 Å². The van der Waals surface area contributed by atoms with E-state index in [1.807, 2.05) is 35.0 Å². The molecular formula is C27H29IN2O5. The molecule has 0 radical (unpaired) electrons. The van der Waals surface area contributed by atoms with Crippen LogP contribution < -0.4 is 33.9 Å². The van der Waals surface area contributed by atoms with Gasteiger partial charge >= 0.3 is 12.1 Å². The molecule has 1 amide bonds. The number of carbonyl (C=O) groups is 2. The minimum atomic E-state index is -0.783. The molecule has 0 spiro atoms. The molecule has 0 saturated carbocycles. The zero-order valence-electron chi connectivity index (χ0n) is 19.5. The Morgan fingerprint density at radius 2 is 1.66 bits per heavy atom. The number of fused-ring (bicyclic) bond motifs is 3. The van der Waals surface area contributed by atoms with Gasteiger partial charge in [-0.2, -0.15) is 0 Å². The van der Waals surface area contributed by atoms with E-state index in [0.29, 0.717) is 19.4 Å². The van der Waals surface area contributed by atoms with E-state index >= 15 is 0 Å². The molecule has 184 valence electrons. The Kier molecular flexibility index (Phi) is 9.47. The third-order valence-electron chi connectivity index (χ3n) is 6.12. The van der Waals surface area contributed by atoms with E-state index in [4.69, 9.17) is 9.47 Å². The fourth-order valence-electron chi connectivity index (χ4n) is 4.46. The van der Waals surface area contributed by atoms with Gasteiger partial charge in [0.15, 0.2) is 11.9 Å². The number of aryl methyl sites for hydroxylation is 1. The van der Waals surface area contributed by atoms with Crippen LogP contribution in [0.2, 0.25) is 0 Å². The summed E-state index contributed by atoms with van der Waals surface area (Å²) in [5, 5.41) is 12.2. The van der Waals surface area contributed by atoms with Crippen molar-refractivity contribution < 1.29 is 52.7 Å². The topological polar surface area (TPSA) is 88.7 Å². The molecule has 2 aromatic carbocycles. The number of carbonyl (C=O) groups excluding carboxylic acids is 2. The first kappa shape index (κ1) is 26.5. The van der Waals surface area contributed by atoms with E-state index in [9.17, 15) is 14.7 Å². The average Bonchev–Trinajstić information content (AvgIpc) is 3.18. The summed E-state index contributed by atoms with van der Waals surface area (Å²) in [5.74, 6) is -0.348. The quantitative estimate of drug-likeness (QED) is 0.168. The highest BCUT2D eigenvalue weighted by atomic mass is 127. The van der Waals surface area contributed by atoms with Crippen LogP contribution in [-0.2, 0) is 20.8 Å². The van der Waals surface area contributed by atoms with Crippen molar-refractivity contribution in [2.75, 3.05) is 13.7 Å². The van der Waals surface area contributed by atoms with Gasteiger partial charge in [-0.05, 0) is 41.2 Å². The smallest absolute Gasteiger partial charge is 0.407 e. The molecule has 1 aliphatic carbocycles. The van der Waals surface area contributed by atoms with Gasteiger partial charge in [0.2, 0.25) is 6.20 Å². The monoisotopic (exact) mass is 588 g/mol. The van der Waals surface area contributed by atoms with Crippen molar-refractivity contribution in [2.24, 2.45) is 0 Å². The van der Waals surface area contributed by atoms with Crippen LogP contribution in [0.3, 0.4) is 0 Å². The van der Waals surface area contributed by atoms with E-state index < -0.39 is 18.1 Å². The number of nitrogens with one attached hydrogen (secondary N) is 1. The number of methoxy groups -OCH3 is 1. The number of ether oxygens (including phenoxy) is 2. The molecule has 8 heteroatoms. The maximum absolute atomic E-state index is 12.6. The molecule has 3 aromatic rings. The summed E-state index contributed by atoms with van der Waals surface area (Å²) < 4.78 is 12.3. The Labute approximate surface area is 222 Å². The Morgan fingerprint density at radius 1 is 1.00 bits per heavy atom. The van der Waals surface area contributed by atoms with E-state index in [1.54, 1.807) is 18.3 Å². The number of esters is 1. The highest BCUT2D eigenvalue weighted by Gasteiger charge is 2.29. The number of halogens is 1. The minimum Gasteiger partial charge on any atom is -1.00 e. The number of alkyl carbamates (subject to hydrolysis) is 1. The van der Waals surface area contributed by atoms with Gasteiger partial charge in [0.05, 0.1) is 7.11 Å². The number of pyridine rings is 1. The van der Waals surface area contributed by atoms with Gasteiger partial charge in [0.25, 0.3) is 0 Å². The first-order valence-electron chi connectivity index (χ1n) is 11.4. The predicted octanol–water partition coefficient (Wildman–Crippen LogP) is 0.934. The van der Waals surface area contributed by atoms with Crippen molar-refractivity contribution in [2.45, 2.75) is 37.8 Å². The number of amides is 1. The van der Waals surface area contributed by atoms with Crippen molar-refractivity contribution in [1.29, 1.82) is 0 Å². The Morgan fingerprint density at radius 3 is 2.29 bits per heavy atom. The van der Waals surface area contributed by atoms with Crippen molar-refractivity contribution in [1.82, 2.24) is 5.32 Å². The fraction of sp³-hybridized carbons (Fsp3) is 0.296. The number of aromatic hydroxyl groups is 1. The fourth-order valence-corrected chi connectivity index (χ4v) is 4.46. The van der Waals surface area contributed by atoms with Crippen LogP contribution in [0, 0.1) is 0 Å². The summed E-state index contributed by atoms with van der Waals surface area (Å²) in [6, 6.07) is 18.9. The Balaban J connectivity index is 0.00000342. The number of rotatable bonds is 9. The highest BCUT2D eigenvalue weighted by molar-refractivity contribution is 5.82. The van der Waals surface area contributed by atoms with Crippen LogP contribution in [0.15, 0.2) is 73.1 Å². The standard InChI is InChI=1S/C27H28N2O5.HI/c1-33-26(31)25(14-6-7-15-29-16-8-9-19(30)17-29)28-27(32)34-18-24-22-12-4-2-10-20(22)21-11-3-5-13-23(21)24;/h2-5,8-13,16-17,24-25H,6-7,14-15,18H2,1H3,(H-,28,30,32);1H/t25-;/m0./s1. The number of nitrogens with zero attached hydrogens (tertiary/aromatic N) is 1. The van der Waals surface area contributed by atoms with Gasteiger partial charge in [-0.25, -0.2) is 14.2 Å². The second-order valence-corrected chi connectivity index (χ2v) is 8.34. The Hall–Kier alpha value is -3.14. The SMILES string of the molecule is COC(=O)[C@H](CCCC[n+]1cccc(O)c1)NC(=O)OCC1c2ccccc2-c2ccccc21.[I-]. The maximum atomic E-state index is 12.6. The summed E-state index contributed by atoms with van der Waals surface area (Å²) >= 11 is 0. The lowest BCUT2D eigenvalue weighted by Crippen LogP contribution is -3.00. The van der Waals surface area contributed by atoms with Crippen LogP contribution >= 0.6 is 0 Å². The molecule has 0 saturated heterocycles. The molecule has 0 fully saturated rings. The van der Waals surface area contributed by atoms with E-state index in [2.05, 4.69) is 29.6 Å². The van der Waals surface area contributed by atoms with E-state index in [-0.39, 0.29) is 42.3 Å². The van der Waals surface area contributed by atoms with Gasteiger partial charge in [-0.15, -0.1) is 0 Å². The molecule has 7 nitrogen and oxygen atoms in total. The Bertz CT molecular complexity index is 1120. The van der Waals surface area contributed by atoms with Crippen LogP contribution in [0.1, 0.15) is 36.3 Å². The first-order valence-corrected chi connectivity index (χ1v) is 11.4. The zero-order valence-corrected chi connectivity index (χ0v) is 21.7. The first-order chi connectivity index (χ1) is 16.6. The van der Waals surface area contributed by atoms with E-state index in [1.165, 1.54) is 7.11 Å². The molecule has 1 aliphatic rings. The lowest BCUT2D eigenvalue weighted by Gasteiger charge is -2.18. The maximum Gasteiger partial charge on any atom is 0.407 e. The number of hydrogen-bond donors (Lipinski definition) is 2. The third-order valence-corrected chi connectivity index (χ3v) is 6.12. The number of unbranched alkanes of at least 4 members (excludes halogenated alkanes) is 1. The van der Waals surface area contributed by atoms with Gasteiger partial charge in [0, 0.05) is 18.4 Å². The largest absolute Gasteiger partial charge is 1.00 e. The van der Waals surface area contributed by atoms with Crippen LogP contribution in [0.5, 0.6) is 5.75 Å².